The maximum atomic E-state index is 11.5. The van der Waals surface area contributed by atoms with E-state index in [1.807, 2.05) is 30.3 Å². The molecule has 0 spiro atoms. The average molecular weight is 277 g/mol. The number of amides is 1. The molecule has 0 aliphatic heterocycles. The van der Waals surface area contributed by atoms with E-state index in [9.17, 15) is 4.79 Å². The van der Waals surface area contributed by atoms with Crippen molar-refractivity contribution in [2.75, 3.05) is 19.8 Å². The average Bonchev–Trinajstić information content (AvgIpc) is 2.46. The van der Waals surface area contributed by atoms with Crippen molar-refractivity contribution < 1.29 is 19.0 Å². The van der Waals surface area contributed by atoms with Gasteiger partial charge in [0.05, 0.1) is 13.2 Å². The highest BCUT2D eigenvalue weighted by molar-refractivity contribution is 5.67. The van der Waals surface area contributed by atoms with Crippen LogP contribution >= 0.6 is 0 Å². The standard InChI is InChI=1S/C15H19NO4/c1-3-9-18-10-11-19-13(2)20-15(17)16-12-14-7-5-4-6-8-14/h1,4-8,13H,9-12H2,2H3,(H,16,17). The van der Waals surface area contributed by atoms with Gasteiger partial charge in [0.1, 0.15) is 6.61 Å². The molecule has 0 heterocycles. The van der Waals surface area contributed by atoms with E-state index >= 15 is 0 Å². The third-order valence-corrected chi connectivity index (χ3v) is 2.32. The summed E-state index contributed by atoms with van der Waals surface area (Å²) in [5.41, 5.74) is 1.00. The Morgan fingerprint density at radius 2 is 2.10 bits per heavy atom. The number of hydrogen-bond donors (Lipinski definition) is 1. The molecule has 0 bridgehead atoms. The van der Waals surface area contributed by atoms with Gasteiger partial charge in [-0.15, -0.1) is 6.42 Å². The molecule has 0 aliphatic carbocycles. The van der Waals surface area contributed by atoms with Gasteiger partial charge in [0.2, 0.25) is 6.29 Å². The van der Waals surface area contributed by atoms with Gasteiger partial charge in [-0.25, -0.2) is 4.79 Å². The second kappa shape index (κ2) is 9.84. The van der Waals surface area contributed by atoms with Gasteiger partial charge in [-0.1, -0.05) is 36.3 Å². The van der Waals surface area contributed by atoms with Crippen LogP contribution in [0.1, 0.15) is 12.5 Å². The molecule has 0 saturated heterocycles. The van der Waals surface area contributed by atoms with E-state index < -0.39 is 12.4 Å². The molecule has 0 aromatic heterocycles. The summed E-state index contributed by atoms with van der Waals surface area (Å²) in [6.45, 7) is 2.98. The fourth-order valence-electron chi connectivity index (χ4n) is 1.40. The minimum Gasteiger partial charge on any atom is -0.420 e. The Morgan fingerprint density at radius 3 is 2.80 bits per heavy atom. The first-order valence-corrected chi connectivity index (χ1v) is 6.33. The highest BCUT2D eigenvalue weighted by atomic mass is 16.7. The van der Waals surface area contributed by atoms with E-state index in [-0.39, 0.29) is 6.61 Å². The molecule has 1 amide bonds. The van der Waals surface area contributed by atoms with Crippen molar-refractivity contribution in [2.24, 2.45) is 0 Å². The van der Waals surface area contributed by atoms with Crippen LogP contribution in [0.15, 0.2) is 30.3 Å². The molecular formula is C15H19NO4. The molecule has 1 unspecified atom stereocenters. The van der Waals surface area contributed by atoms with E-state index in [0.717, 1.165) is 5.56 Å². The molecule has 0 aliphatic rings. The lowest BCUT2D eigenvalue weighted by Crippen LogP contribution is -2.29. The molecule has 20 heavy (non-hydrogen) atoms. The van der Waals surface area contributed by atoms with Crippen molar-refractivity contribution in [3.63, 3.8) is 0 Å². The minimum absolute atomic E-state index is 0.246. The van der Waals surface area contributed by atoms with Gasteiger partial charge in [0.25, 0.3) is 0 Å². The SMILES string of the molecule is C#CCOCCOC(C)OC(=O)NCc1ccccc1. The van der Waals surface area contributed by atoms with Gasteiger partial charge in [-0.05, 0) is 12.5 Å². The minimum atomic E-state index is -0.639. The third kappa shape index (κ3) is 7.41. The number of nitrogens with one attached hydrogen (secondary N) is 1. The first-order chi connectivity index (χ1) is 9.72. The predicted octanol–water partition coefficient (Wildman–Crippen LogP) is 1.93. The van der Waals surface area contributed by atoms with Crippen molar-refractivity contribution in [1.82, 2.24) is 5.32 Å². The highest BCUT2D eigenvalue weighted by Crippen LogP contribution is 1.99. The van der Waals surface area contributed by atoms with Crippen molar-refractivity contribution in [3.8, 4) is 12.3 Å². The molecule has 1 aromatic carbocycles. The van der Waals surface area contributed by atoms with Crippen LogP contribution in [0.25, 0.3) is 0 Å². The zero-order valence-corrected chi connectivity index (χ0v) is 11.5. The van der Waals surface area contributed by atoms with Gasteiger partial charge in [-0.3, -0.25) is 0 Å². The quantitative estimate of drug-likeness (QED) is 0.448. The number of benzene rings is 1. The predicted molar refractivity (Wildman–Crippen MR) is 74.8 cm³/mol. The maximum Gasteiger partial charge on any atom is 0.409 e. The summed E-state index contributed by atoms with van der Waals surface area (Å²) < 4.78 is 15.3. The maximum absolute atomic E-state index is 11.5. The molecule has 0 fully saturated rings. The van der Waals surface area contributed by atoms with E-state index in [1.54, 1.807) is 6.92 Å². The second-order valence-electron chi connectivity index (χ2n) is 3.94. The molecule has 0 radical (unpaired) electrons. The zero-order valence-electron chi connectivity index (χ0n) is 11.5. The fraction of sp³-hybridized carbons (Fsp3) is 0.400. The lowest BCUT2D eigenvalue weighted by atomic mass is 10.2. The fourth-order valence-corrected chi connectivity index (χ4v) is 1.40. The number of alkyl carbamates (subject to hydrolysis) is 1. The Morgan fingerprint density at radius 1 is 1.35 bits per heavy atom. The van der Waals surface area contributed by atoms with Gasteiger partial charge >= 0.3 is 6.09 Å². The zero-order chi connectivity index (χ0) is 14.6. The summed E-state index contributed by atoms with van der Waals surface area (Å²) in [5.74, 6) is 2.35. The van der Waals surface area contributed by atoms with Crippen LogP contribution in [0.5, 0.6) is 0 Å². The number of carbonyl (C=O) groups excluding carboxylic acids is 1. The van der Waals surface area contributed by atoms with Crippen LogP contribution in [-0.4, -0.2) is 32.2 Å². The van der Waals surface area contributed by atoms with Gasteiger partial charge in [0, 0.05) is 6.54 Å². The molecular weight excluding hydrogens is 258 g/mol. The number of carbonyl (C=O) groups is 1. The number of rotatable bonds is 8. The van der Waals surface area contributed by atoms with Gasteiger partial charge < -0.3 is 19.5 Å². The van der Waals surface area contributed by atoms with Crippen LogP contribution in [0.3, 0.4) is 0 Å². The molecule has 5 nitrogen and oxygen atoms in total. The normalized spacial score (nSPS) is 11.4. The molecule has 1 atom stereocenters. The first-order valence-electron chi connectivity index (χ1n) is 6.33. The smallest absolute Gasteiger partial charge is 0.409 e. The van der Waals surface area contributed by atoms with Crippen molar-refractivity contribution in [1.29, 1.82) is 0 Å². The lowest BCUT2D eigenvalue weighted by Gasteiger charge is -2.14. The first kappa shape index (κ1) is 16.0. The van der Waals surface area contributed by atoms with Crippen molar-refractivity contribution in [2.45, 2.75) is 19.8 Å². The van der Waals surface area contributed by atoms with E-state index in [0.29, 0.717) is 19.8 Å². The van der Waals surface area contributed by atoms with E-state index in [1.165, 1.54) is 0 Å². The van der Waals surface area contributed by atoms with Crippen LogP contribution in [0, 0.1) is 12.3 Å². The summed E-state index contributed by atoms with van der Waals surface area (Å²) in [5, 5.41) is 2.64. The summed E-state index contributed by atoms with van der Waals surface area (Å²) in [4.78, 5) is 11.5. The van der Waals surface area contributed by atoms with Crippen LogP contribution < -0.4 is 5.32 Å². The Bertz CT molecular complexity index is 427. The lowest BCUT2D eigenvalue weighted by molar-refractivity contribution is -0.102. The van der Waals surface area contributed by atoms with Gasteiger partial charge in [-0.2, -0.15) is 0 Å². The number of terminal acetylenes is 1. The van der Waals surface area contributed by atoms with Gasteiger partial charge in [0.15, 0.2) is 0 Å². The Kier molecular flexibility index (Phi) is 7.89. The van der Waals surface area contributed by atoms with Crippen LogP contribution in [-0.2, 0) is 20.8 Å². The topological polar surface area (TPSA) is 56.8 Å². The van der Waals surface area contributed by atoms with E-state index in [4.69, 9.17) is 20.6 Å². The van der Waals surface area contributed by atoms with Crippen LogP contribution in [0.2, 0.25) is 0 Å². The Labute approximate surface area is 119 Å². The second-order valence-corrected chi connectivity index (χ2v) is 3.94. The Balaban J connectivity index is 2.10. The Hall–Kier alpha value is -2.03. The number of ether oxygens (including phenoxy) is 3. The number of hydrogen-bond acceptors (Lipinski definition) is 4. The molecule has 1 aromatic rings. The third-order valence-electron chi connectivity index (χ3n) is 2.32. The molecule has 0 saturated carbocycles. The monoisotopic (exact) mass is 277 g/mol. The molecule has 1 rings (SSSR count). The molecule has 5 heteroatoms. The summed E-state index contributed by atoms with van der Waals surface area (Å²) >= 11 is 0. The van der Waals surface area contributed by atoms with Crippen molar-refractivity contribution in [3.05, 3.63) is 35.9 Å². The highest BCUT2D eigenvalue weighted by Gasteiger charge is 2.08. The summed E-state index contributed by atoms with van der Waals surface area (Å²) in [6.07, 6.45) is 3.86. The van der Waals surface area contributed by atoms with Crippen molar-refractivity contribution >= 4 is 6.09 Å². The summed E-state index contributed by atoms with van der Waals surface area (Å²) in [7, 11) is 0. The largest absolute Gasteiger partial charge is 0.420 e. The molecule has 1 N–H and O–H groups in total. The molecule has 108 valence electrons. The summed E-state index contributed by atoms with van der Waals surface area (Å²) in [6, 6.07) is 9.57. The van der Waals surface area contributed by atoms with E-state index in [2.05, 4.69) is 11.2 Å². The van der Waals surface area contributed by atoms with Crippen LogP contribution in [0.4, 0.5) is 4.79 Å².